The minimum atomic E-state index is -0.676. The van der Waals surface area contributed by atoms with Crippen LogP contribution in [0.4, 0.5) is 16.6 Å². The molecule has 0 saturated heterocycles. The highest BCUT2D eigenvalue weighted by Gasteiger charge is 2.19. The first kappa shape index (κ1) is 17.5. The summed E-state index contributed by atoms with van der Waals surface area (Å²) >= 11 is 1.53. The molecule has 0 atom stereocenters. The predicted octanol–water partition coefficient (Wildman–Crippen LogP) is 2.91. The van der Waals surface area contributed by atoms with Crippen molar-refractivity contribution in [1.82, 2.24) is 9.97 Å². The van der Waals surface area contributed by atoms with Crippen molar-refractivity contribution >= 4 is 44.2 Å². The maximum atomic E-state index is 11.5. The molecule has 0 aliphatic rings. The van der Waals surface area contributed by atoms with Gasteiger partial charge in [-0.3, -0.25) is 10.1 Å². The molecule has 0 bridgehead atoms. The van der Waals surface area contributed by atoms with Crippen molar-refractivity contribution < 1.29 is 14.5 Å². The lowest BCUT2D eigenvalue weighted by molar-refractivity contribution is -0.384. The van der Waals surface area contributed by atoms with Gasteiger partial charge in [0.2, 0.25) is 5.82 Å². The molecule has 0 aliphatic heterocycles. The number of carbonyl (C=O) groups excluding carboxylic acids is 1. The molecular formula is C16H15N5O4S. The number of nitrogens with one attached hydrogen (secondary N) is 2. The van der Waals surface area contributed by atoms with Crippen LogP contribution in [0, 0.1) is 10.1 Å². The van der Waals surface area contributed by atoms with E-state index in [0.717, 1.165) is 21.4 Å². The van der Waals surface area contributed by atoms with Gasteiger partial charge in [-0.1, -0.05) is 23.5 Å². The molecule has 3 aromatic rings. The smallest absolute Gasteiger partial charge is 0.339 e. The summed E-state index contributed by atoms with van der Waals surface area (Å²) in [4.78, 5) is 30.5. The number of esters is 1. The molecule has 2 aromatic heterocycles. The van der Waals surface area contributed by atoms with Crippen molar-refractivity contribution in [2.75, 3.05) is 30.8 Å². The fourth-order valence-electron chi connectivity index (χ4n) is 2.26. The second-order valence-corrected chi connectivity index (χ2v) is 6.21. The van der Waals surface area contributed by atoms with Crippen molar-refractivity contribution in [3.8, 4) is 0 Å². The van der Waals surface area contributed by atoms with Gasteiger partial charge in [0.1, 0.15) is 0 Å². The molecule has 0 aliphatic carbocycles. The summed E-state index contributed by atoms with van der Waals surface area (Å²) in [5.74, 6) is -0.585. The Hall–Kier alpha value is -3.27. The van der Waals surface area contributed by atoms with Crippen molar-refractivity contribution in [1.29, 1.82) is 0 Å². The van der Waals surface area contributed by atoms with E-state index < -0.39 is 10.9 Å². The lowest BCUT2D eigenvalue weighted by atomic mass is 10.2. The van der Waals surface area contributed by atoms with Gasteiger partial charge in [0, 0.05) is 25.4 Å². The molecule has 0 spiro atoms. The third-order valence-electron chi connectivity index (χ3n) is 3.47. The van der Waals surface area contributed by atoms with Crippen LogP contribution in [0.15, 0.2) is 36.5 Å². The third-order valence-corrected chi connectivity index (χ3v) is 4.47. The number of hydrogen-bond acceptors (Lipinski definition) is 9. The maximum absolute atomic E-state index is 11.5. The normalized spacial score (nSPS) is 10.5. The van der Waals surface area contributed by atoms with Gasteiger partial charge in [-0.2, -0.15) is 0 Å². The lowest BCUT2D eigenvalue weighted by Crippen LogP contribution is -2.15. The molecule has 0 unspecified atom stereocenters. The Morgan fingerprint density at radius 3 is 2.81 bits per heavy atom. The highest BCUT2D eigenvalue weighted by molar-refractivity contribution is 7.22. The zero-order valence-electron chi connectivity index (χ0n) is 13.8. The van der Waals surface area contributed by atoms with Gasteiger partial charge in [-0.25, -0.2) is 14.8 Å². The van der Waals surface area contributed by atoms with Crippen LogP contribution in [0.1, 0.15) is 10.4 Å². The van der Waals surface area contributed by atoms with Gasteiger partial charge in [-0.15, -0.1) is 0 Å². The highest BCUT2D eigenvalue weighted by Crippen LogP contribution is 2.25. The van der Waals surface area contributed by atoms with Crippen LogP contribution in [0.3, 0.4) is 0 Å². The van der Waals surface area contributed by atoms with Crippen molar-refractivity contribution in [2.24, 2.45) is 0 Å². The largest absolute Gasteiger partial charge is 0.465 e. The number of fused-ring (bicyclic) bond motifs is 1. The first-order valence-corrected chi connectivity index (χ1v) is 8.46. The Bertz CT molecular complexity index is 926. The number of thiazole rings is 1. The number of aromatic nitrogens is 2. The summed E-state index contributed by atoms with van der Waals surface area (Å²) in [7, 11) is 1.20. The van der Waals surface area contributed by atoms with Crippen LogP contribution in [0.25, 0.3) is 10.2 Å². The predicted molar refractivity (Wildman–Crippen MR) is 98.8 cm³/mol. The summed E-state index contributed by atoms with van der Waals surface area (Å²) in [6, 6.07) is 8.95. The van der Waals surface area contributed by atoms with E-state index in [1.807, 2.05) is 24.3 Å². The van der Waals surface area contributed by atoms with Gasteiger partial charge in [0.05, 0.1) is 27.8 Å². The number of carbonyl (C=O) groups is 1. The number of benzene rings is 1. The van der Waals surface area contributed by atoms with Gasteiger partial charge in [0.15, 0.2) is 5.13 Å². The third kappa shape index (κ3) is 3.86. The van der Waals surface area contributed by atoms with Crippen LogP contribution in [0.2, 0.25) is 0 Å². The first-order valence-electron chi connectivity index (χ1n) is 7.64. The summed E-state index contributed by atoms with van der Waals surface area (Å²) in [5, 5.41) is 18.0. The number of methoxy groups -OCH3 is 1. The second kappa shape index (κ2) is 7.74. The number of hydrogen-bond donors (Lipinski definition) is 2. The van der Waals surface area contributed by atoms with Gasteiger partial charge >= 0.3 is 11.7 Å². The number of rotatable bonds is 7. The second-order valence-electron chi connectivity index (χ2n) is 5.18. The van der Waals surface area contributed by atoms with Crippen LogP contribution < -0.4 is 10.6 Å². The molecule has 0 radical (unpaired) electrons. The van der Waals surface area contributed by atoms with Crippen LogP contribution >= 0.6 is 11.3 Å². The Morgan fingerprint density at radius 2 is 2.08 bits per heavy atom. The molecule has 0 amide bonds. The molecule has 10 heteroatoms. The first-order chi connectivity index (χ1) is 12.6. The fraction of sp³-hybridized carbons (Fsp3) is 0.188. The monoisotopic (exact) mass is 373 g/mol. The average molecular weight is 373 g/mol. The zero-order chi connectivity index (χ0) is 18.5. The Morgan fingerprint density at radius 1 is 1.31 bits per heavy atom. The van der Waals surface area contributed by atoms with E-state index in [1.54, 1.807) is 0 Å². The van der Waals surface area contributed by atoms with Crippen LogP contribution in [-0.4, -0.2) is 41.1 Å². The zero-order valence-corrected chi connectivity index (χ0v) is 14.6. The number of nitrogens with zero attached hydrogens (tertiary/aromatic N) is 3. The van der Waals surface area contributed by atoms with E-state index in [9.17, 15) is 14.9 Å². The number of ether oxygens (including phenoxy) is 1. The number of nitro groups is 1. The molecular weight excluding hydrogens is 358 g/mol. The number of anilines is 2. The van der Waals surface area contributed by atoms with Gasteiger partial charge < -0.3 is 15.4 Å². The van der Waals surface area contributed by atoms with Gasteiger partial charge in [-0.05, 0) is 12.1 Å². The highest BCUT2D eigenvalue weighted by atomic mass is 32.1. The standard InChI is InChI=1S/C16H15N5O4S/c1-25-15(22)10-8-12(21(23)24)14(19-9-10)17-6-7-18-16-20-11-4-2-3-5-13(11)26-16/h2-5,8-9H,6-7H2,1H3,(H,17,19)(H,18,20). The molecule has 1 aromatic carbocycles. The van der Waals surface area contributed by atoms with Crippen LogP contribution in [0.5, 0.6) is 0 Å². The molecule has 0 fully saturated rings. The molecule has 9 nitrogen and oxygen atoms in total. The van der Waals surface area contributed by atoms with Gasteiger partial charge in [0.25, 0.3) is 0 Å². The number of para-hydroxylation sites is 1. The van der Waals surface area contributed by atoms with Crippen molar-refractivity contribution in [3.63, 3.8) is 0 Å². The Kier molecular flexibility index (Phi) is 5.23. The van der Waals surface area contributed by atoms with E-state index in [0.29, 0.717) is 13.1 Å². The van der Waals surface area contributed by atoms with Crippen LogP contribution in [-0.2, 0) is 4.74 Å². The van der Waals surface area contributed by atoms with Crippen molar-refractivity contribution in [3.05, 3.63) is 52.2 Å². The molecule has 2 N–H and O–H groups in total. The maximum Gasteiger partial charge on any atom is 0.339 e. The van der Waals surface area contributed by atoms with E-state index in [1.165, 1.54) is 24.6 Å². The minimum absolute atomic E-state index is 0.0253. The summed E-state index contributed by atoms with van der Waals surface area (Å²) < 4.78 is 5.63. The SMILES string of the molecule is COC(=O)c1cnc(NCCNc2nc3ccccc3s2)c([N+](=O)[O-])c1. The molecule has 0 saturated carbocycles. The molecule has 26 heavy (non-hydrogen) atoms. The van der Waals surface area contributed by atoms with E-state index in [2.05, 4.69) is 25.3 Å². The van der Waals surface area contributed by atoms with E-state index in [4.69, 9.17) is 0 Å². The molecule has 3 rings (SSSR count). The quantitative estimate of drug-likeness (QED) is 0.281. The minimum Gasteiger partial charge on any atom is -0.465 e. The van der Waals surface area contributed by atoms with Crippen molar-refractivity contribution in [2.45, 2.75) is 0 Å². The topological polar surface area (TPSA) is 119 Å². The summed E-state index contributed by atoms with van der Waals surface area (Å²) in [6.45, 7) is 0.888. The summed E-state index contributed by atoms with van der Waals surface area (Å²) in [5.41, 5.74) is 0.661. The molecule has 2 heterocycles. The average Bonchev–Trinajstić information content (AvgIpc) is 3.07. The lowest BCUT2D eigenvalue weighted by Gasteiger charge is -2.07. The van der Waals surface area contributed by atoms with E-state index in [-0.39, 0.29) is 17.1 Å². The Labute approximate surface area is 152 Å². The Balaban J connectivity index is 1.62. The fourth-order valence-corrected chi connectivity index (χ4v) is 3.15. The molecule has 134 valence electrons. The summed E-state index contributed by atoms with van der Waals surface area (Å²) in [6.07, 6.45) is 1.24. The van der Waals surface area contributed by atoms with E-state index >= 15 is 0 Å². The number of pyridine rings is 1.